The van der Waals surface area contributed by atoms with Gasteiger partial charge in [0.1, 0.15) is 5.82 Å². The second-order valence-electron chi connectivity index (χ2n) is 8.02. The van der Waals surface area contributed by atoms with Gasteiger partial charge >= 0.3 is 0 Å². The molecule has 4 saturated carbocycles. The third-order valence-electron chi connectivity index (χ3n) is 6.08. The van der Waals surface area contributed by atoms with E-state index in [9.17, 15) is 9.18 Å². The van der Waals surface area contributed by atoms with Gasteiger partial charge in [-0.05, 0) is 74.5 Å². The lowest BCUT2D eigenvalue weighted by Gasteiger charge is -2.59. The highest BCUT2D eigenvalue weighted by Crippen LogP contribution is 2.64. The molecule has 1 aromatic carbocycles. The Hall–Kier alpha value is -0.900. The molecule has 4 aliphatic carbocycles. The zero-order valence-electron chi connectivity index (χ0n) is 13.3. The normalized spacial score (nSPS) is 37.8. The summed E-state index contributed by atoms with van der Waals surface area (Å²) in [6.07, 6.45) is 7.70. The molecule has 0 aromatic heterocycles. The minimum Gasteiger partial charge on any atom is -0.355 e. The van der Waals surface area contributed by atoms with Crippen molar-refractivity contribution in [3.05, 3.63) is 35.6 Å². The largest absolute Gasteiger partial charge is 0.355 e. The number of nitrogens with one attached hydrogen (secondary N) is 1. The lowest BCUT2D eigenvalue weighted by Crippen LogP contribution is -2.58. The van der Waals surface area contributed by atoms with Gasteiger partial charge in [0.25, 0.3) is 0 Å². The van der Waals surface area contributed by atoms with Crippen LogP contribution in [0.25, 0.3) is 0 Å². The molecule has 4 bridgehead atoms. The summed E-state index contributed by atoms with van der Waals surface area (Å²) < 4.78 is 13.1. The fourth-order valence-corrected chi connectivity index (χ4v) is 7.03. The van der Waals surface area contributed by atoms with Gasteiger partial charge in [-0.1, -0.05) is 28.1 Å². The van der Waals surface area contributed by atoms with Gasteiger partial charge in [0, 0.05) is 10.9 Å². The number of alkyl halides is 1. The van der Waals surface area contributed by atoms with Gasteiger partial charge in [0.2, 0.25) is 5.91 Å². The van der Waals surface area contributed by atoms with Crippen LogP contribution in [0.5, 0.6) is 0 Å². The van der Waals surface area contributed by atoms with Crippen molar-refractivity contribution in [2.45, 2.75) is 49.3 Å². The smallest absolute Gasteiger partial charge is 0.226 e. The molecular weight excluding hydrogens is 357 g/mol. The van der Waals surface area contributed by atoms with Crippen LogP contribution < -0.4 is 5.32 Å². The Kier molecular flexibility index (Phi) is 3.79. The first-order valence-electron chi connectivity index (χ1n) is 8.68. The first-order valence-corrected chi connectivity index (χ1v) is 9.47. The Balaban J connectivity index is 1.38. The summed E-state index contributed by atoms with van der Waals surface area (Å²) in [4.78, 5) is 12.9. The van der Waals surface area contributed by atoms with E-state index in [1.807, 2.05) is 0 Å². The van der Waals surface area contributed by atoms with Crippen LogP contribution in [0.15, 0.2) is 24.3 Å². The van der Waals surface area contributed by atoms with Gasteiger partial charge in [-0.2, -0.15) is 0 Å². The van der Waals surface area contributed by atoms with Gasteiger partial charge in [-0.15, -0.1) is 0 Å². The zero-order valence-corrected chi connectivity index (χ0v) is 14.9. The molecule has 0 heterocycles. The Morgan fingerprint density at radius 3 is 2.43 bits per heavy atom. The number of hydrogen-bond donors (Lipinski definition) is 1. The van der Waals surface area contributed by atoms with Crippen molar-refractivity contribution in [2.75, 3.05) is 6.54 Å². The highest BCUT2D eigenvalue weighted by atomic mass is 79.9. The second kappa shape index (κ2) is 5.58. The van der Waals surface area contributed by atoms with E-state index < -0.39 is 0 Å². The third kappa shape index (κ3) is 2.95. The van der Waals surface area contributed by atoms with E-state index in [2.05, 4.69) is 21.2 Å². The van der Waals surface area contributed by atoms with Gasteiger partial charge in [0.15, 0.2) is 0 Å². The average Bonchev–Trinajstić information content (AvgIpc) is 2.46. The summed E-state index contributed by atoms with van der Waals surface area (Å²) in [5.74, 6) is 1.48. The van der Waals surface area contributed by atoms with E-state index in [1.54, 1.807) is 12.1 Å². The molecule has 23 heavy (non-hydrogen) atoms. The van der Waals surface area contributed by atoms with Crippen molar-refractivity contribution in [1.82, 2.24) is 5.32 Å². The molecule has 1 aromatic rings. The fraction of sp³-hybridized carbons (Fsp3) is 0.632. The molecule has 4 heteroatoms. The van der Waals surface area contributed by atoms with E-state index in [0.717, 1.165) is 43.1 Å². The molecule has 4 fully saturated rings. The monoisotopic (exact) mass is 379 g/mol. The lowest BCUT2D eigenvalue weighted by molar-refractivity contribution is -0.143. The van der Waals surface area contributed by atoms with Crippen molar-refractivity contribution in [3.8, 4) is 0 Å². The highest BCUT2D eigenvalue weighted by Gasteiger charge is 2.59. The molecule has 0 spiro atoms. The number of carbonyl (C=O) groups is 1. The van der Waals surface area contributed by atoms with Gasteiger partial charge in [0.05, 0.1) is 5.41 Å². The van der Waals surface area contributed by atoms with Crippen LogP contribution in [0.4, 0.5) is 4.39 Å². The van der Waals surface area contributed by atoms with Crippen LogP contribution in [0.3, 0.4) is 0 Å². The summed E-state index contributed by atoms with van der Waals surface area (Å²) in [6, 6.07) is 6.54. The zero-order chi connectivity index (χ0) is 16.1. The van der Waals surface area contributed by atoms with Crippen molar-refractivity contribution in [3.63, 3.8) is 0 Å². The highest BCUT2D eigenvalue weighted by molar-refractivity contribution is 9.10. The van der Waals surface area contributed by atoms with Crippen LogP contribution in [0, 0.1) is 23.1 Å². The van der Waals surface area contributed by atoms with Crippen LogP contribution in [0.1, 0.15) is 44.1 Å². The topological polar surface area (TPSA) is 29.1 Å². The molecule has 2 atom stereocenters. The maximum Gasteiger partial charge on any atom is 0.226 e. The number of rotatable bonds is 4. The van der Waals surface area contributed by atoms with Crippen LogP contribution in [-0.4, -0.2) is 16.8 Å². The van der Waals surface area contributed by atoms with E-state index in [1.165, 1.54) is 31.4 Å². The average molecular weight is 380 g/mol. The summed E-state index contributed by atoms with van der Waals surface area (Å²) in [5, 5.41) is 3.17. The van der Waals surface area contributed by atoms with Crippen molar-refractivity contribution >= 4 is 21.8 Å². The van der Waals surface area contributed by atoms with Gasteiger partial charge in [-0.3, -0.25) is 4.79 Å². The van der Waals surface area contributed by atoms with Crippen LogP contribution >= 0.6 is 15.9 Å². The molecule has 0 saturated heterocycles. The summed E-state index contributed by atoms with van der Waals surface area (Å²) in [5.41, 5.74) is 0.922. The molecule has 2 nitrogen and oxygen atoms in total. The van der Waals surface area contributed by atoms with Crippen molar-refractivity contribution in [1.29, 1.82) is 0 Å². The SMILES string of the molecule is O=C(NCCc1ccc(F)cc1)C12CC3CC(CC(Br)(C3)C1)C2. The third-order valence-corrected chi connectivity index (χ3v) is 7.01. The number of carbonyl (C=O) groups excluding carboxylic acids is 1. The van der Waals surface area contributed by atoms with E-state index in [-0.39, 0.29) is 21.5 Å². The quantitative estimate of drug-likeness (QED) is 0.779. The van der Waals surface area contributed by atoms with Gasteiger partial charge < -0.3 is 5.32 Å². The number of amides is 1. The minimum absolute atomic E-state index is 0.142. The Morgan fingerprint density at radius 1 is 1.17 bits per heavy atom. The van der Waals surface area contributed by atoms with E-state index >= 15 is 0 Å². The van der Waals surface area contributed by atoms with Gasteiger partial charge in [-0.25, -0.2) is 4.39 Å². The van der Waals surface area contributed by atoms with Crippen LogP contribution in [0.2, 0.25) is 0 Å². The molecule has 2 unspecified atom stereocenters. The maximum atomic E-state index is 12.9. The van der Waals surface area contributed by atoms with E-state index in [0.29, 0.717) is 6.54 Å². The molecule has 124 valence electrons. The molecule has 0 radical (unpaired) electrons. The second-order valence-corrected chi connectivity index (χ2v) is 9.71. The number of hydrogen-bond acceptors (Lipinski definition) is 1. The summed E-state index contributed by atoms with van der Waals surface area (Å²) >= 11 is 3.96. The van der Waals surface area contributed by atoms with Crippen LogP contribution in [-0.2, 0) is 11.2 Å². The lowest BCUT2D eigenvalue weighted by atomic mass is 9.49. The molecule has 1 N–H and O–H groups in total. The molecule has 5 rings (SSSR count). The summed E-state index contributed by atoms with van der Waals surface area (Å²) in [6.45, 7) is 0.636. The van der Waals surface area contributed by atoms with E-state index in [4.69, 9.17) is 0 Å². The molecule has 4 aliphatic rings. The number of halogens is 2. The number of benzene rings is 1. The molecule has 0 aliphatic heterocycles. The Bertz CT molecular complexity index is 600. The van der Waals surface area contributed by atoms with Crippen molar-refractivity contribution in [2.24, 2.45) is 17.3 Å². The Morgan fingerprint density at radius 2 is 1.83 bits per heavy atom. The molecular formula is C19H23BrFNO. The standard InChI is InChI=1S/C19H23BrFNO/c20-19-10-14-7-15(11-19)9-18(8-14,12-19)17(23)22-6-5-13-1-3-16(21)4-2-13/h1-4,14-15H,5-12H2,(H,22,23). The predicted octanol–water partition coefficient (Wildman–Crippen LogP) is 4.22. The minimum atomic E-state index is -0.214. The maximum absolute atomic E-state index is 12.9. The Labute approximate surface area is 145 Å². The predicted molar refractivity (Wildman–Crippen MR) is 91.9 cm³/mol. The molecule has 1 amide bonds. The summed E-state index contributed by atoms with van der Waals surface area (Å²) in [7, 11) is 0. The first-order chi connectivity index (χ1) is 11.0. The fourth-order valence-electron chi connectivity index (χ4n) is 5.58. The van der Waals surface area contributed by atoms with Crippen molar-refractivity contribution < 1.29 is 9.18 Å². The first kappa shape index (κ1) is 15.6.